The minimum atomic E-state index is 0.0338. The zero-order chi connectivity index (χ0) is 37.7. The zero-order valence-electron chi connectivity index (χ0n) is 35.1. The van der Waals surface area contributed by atoms with Gasteiger partial charge in [0, 0.05) is 13.0 Å². The number of carbonyl (C=O) groups is 2. The molecule has 0 saturated heterocycles. The van der Waals surface area contributed by atoms with Crippen molar-refractivity contribution in [2.24, 2.45) is 0 Å². The fourth-order valence-electron chi connectivity index (χ4n) is 6.73. The fraction of sp³-hybridized carbons (Fsp3) is 0.956. The highest BCUT2D eigenvalue weighted by Crippen LogP contribution is 2.18. The van der Waals surface area contributed by atoms with Crippen LogP contribution in [0.2, 0.25) is 0 Å². The maximum atomic E-state index is 12.6. The van der Waals surface area contributed by atoms with Gasteiger partial charge in [-0.25, -0.2) is 0 Å². The Hall–Kier alpha value is -1.14. The summed E-state index contributed by atoms with van der Waals surface area (Å²) in [5.74, 6) is 0.0338. The lowest BCUT2D eigenvalue weighted by atomic mass is 10.0. The Morgan fingerprint density at radius 2 is 0.882 bits per heavy atom. The SMILES string of the molecule is CCCCCCCCCCN(CCO)CCCCCCCC(=O)OC(CCCCCCCC)CCCCCCCC.CCCCCCCOC=O. The van der Waals surface area contributed by atoms with Crippen molar-refractivity contribution in [1.29, 1.82) is 0 Å². The van der Waals surface area contributed by atoms with Crippen molar-refractivity contribution < 1.29 is 24.2 Å². The standard InChI is InChI=1S/C37H75NO3.C8H16O2/c1-4-7-10-13-16-17-22-27-32-38(34-35-39)33-28-23-18-21-26-31-37(40)41-36(29-24-19-14-11-8-5-2)30-25-20-15-12-9-6-3;1-2-3-4-5-6-7-10-8-9/h36,39H,4-35H2,1-3H3;8H,2-7H2,1H3. The Bertz CT molecular complexity index is 645. The second-order valence-corrected chi connectivity index (χ2v) is 15.2. The van der Waals surface area contributed by atoms with E-state index >= 15 is 0 Å². The first-order chi connectivity index (χ1) is 25.1. The summed E-state index contributed by atoms with van der Waals surface area (Å²) in [7, 11) is 0. The predicted molar refractivity (Wildman–Crippen MR) is 220 cm³/mol. The number of hydrogen-bond acceptors (Lipinski definition) is 6. The van der Waals surface area contributed by atoms with E-state index in [2.05, 4.69) is 37.3 Å². The minimum absolute atomic E-state index is 0.0338. The first-order valence-electron chi connectivity index (χ1n) is 22.7. The normalized spacial score (nSPS) is 11.2. The molecule has 0 aliphatic rings. The molecule has 0 saturated carbocycles. The summed E-state index contributed by atoms with van der Waals surface area (Å²) in [4.78, 5) is 24.7. The average Bonchev–Trinajstić information content (AvgIpc) is 3.13. The number of esters is 1. The summed E-state index contributed by atoms with van der Waals surface area (Å²) in [6, 6.07) is 0. The Morgan fingerprint density at radius 3 is 1.29 bits per heavy atom. The van der Waals surface area contributed by atoms with Crippen LogP contribution in [-0.4, -0.2) is 61.4 Å². The molecule has 0 aliphatic carbocycles. The second kappa shape index (κ2) is 46.9. The third kappa shape index (κ3) is 44.9. The van der Waals surface area contributed by atoms with Crippen LogP contribution < -0.4 is 0 Å². The van der Waals surface area contributed by atoms with E-state index in [1.54, 1.807) is 0 Å². The van der Waals surface area contributed by atoms with Crippen molar-refractivity contribution in [3.05, 3.63) is 0 Å². The van der Waals surface area contributed by atoms with Crippen molar-refractivity contribution in [2.75, 3.05) is 32.8 Å². The maximum absolute atomic E-state index is 12.6. The van der Waals surface area contributed by atoms with Gasteiger partial charge in [0.15, 0.2) is 0 Å². The van der Waals surface area contributed by atoms with Gasteiger partial charge in [0.1, 0.15) is 6.10 Å². The van der Waals surface area contributed by atoms with Crippen LogP contribution in [0.5, 0.6) is 0 Å². The van der Waals surface area contributed by atoms with Crippen molar-refractivity contribution in [3.63, 3.8) is 0 Å². The van der Waals surface area contributed by atoms with E-state index in [1.807, 2.05) is 0 Å². The number of carbonyl (C=O) groups excluding carboxylic acids is 2. The Morgan fingerprint density at radius 1 is 0.510 bits per heavy atom. The molecule has 306 valence electrons. The lowest BCUT2D eigenvalue weighted by Gasteiger charge is -2.21. The topological polar surface area (TPSA) is 76.1 Å². The highest BCUT2D eigenvalue weighted by molar-refractivity contribution is 5.69. The van der Waals surface area contributed by atoms with Gasteiger partial charge in [-0.1, -0.05) is 182 Å². The molecule has 0 atom stereocenters. The quantitative estimate of drug-likeness (QED) is 0.0384. The molecule has 1 N–H and O–H groups in total. The molecule has 0 fully saturated rings. The smallest absolute Gasteiger partial charge is 0.306 e. The summed E-state index contributed by atoms with van der Waals surface area (Å²) in [6.07, 6.45) is 40.9. The van der Waals surface area contributed by atoms with Gasteiger partial charge in [0.2, 0.25) is 0 Å². The maximum Gasteiger partial charge on any atom is 0.306 e. The van der Waals surface area contributed by atoms with Crippen LogP contribution in [0.15, 0.2) is 0 Å². The molecule has 51 heavy (non-hydrogen) atoms. The number of rotatable bonds is 41. The molecule has 0 aromatic rings. The van der Waals surface area contributed by atoms with E-state index in [4.69, 9.17) is 4.74 Å². The number of nitrogens with zero attached hydrogens (tertiary/aromatic N) is 1. The van der Waals surface area contributed by atoms with Crippen LogP contribution >= 0.6 is 0 Å². The first kappa shape index (κ1) is 52.0. The molecule has 0 amide bonds. The minimum Gasteiger partial charge on any atom is -0.468 e. The molecule has 0 aliphatic heterocycles. The number of hydrogen-bond donors (Lipinski definition) is 1. The molecule has 6 heteroatoms. The number of unbranched alkanes of at least 4 members (excludes halogenated alkanes) is 25. The largest absolute Gasteiger partial charge is 0.468 e. The molecule has 6 nitrogen and oxygen atoms in total. The van der Waals surface area contributed by atoms with Gasteiger partial charge in [-0.3, -0.25) is 9.59 Å². The molecule has 0 aromatic carbocycles. The van der Waals surface area contributed by atoms with E-state index in [9.17, 15) is 14.7 Å². The Balaban J connectivity index is 0. The summed E-state index contributed by atoms with van der Waals surface area (Å²) >= 11 is 0. The van der Waals surface area contributed by atoms with E-state index in [0.717, 1.165) is 51.7 Å². The van der Waals surface area contributed by atoms with E-state index in [0.29, 0.717) is 19.5 Å². The van der Waals surface area contributed by atoms with Gasteiger partial charge >= 0.3 is 5.97 Å². The summed E-state index contributed by atoms with van der Waals surface area (Å²) in [5, 5.41) is 9.44. The molecule has 0 spiro atoms. The number of aliphatic hydroxyl groups excluding tert-OH is 1. The summed E-state index contributed by atoms with van der Waals surface area (Å²) < 4.78 is 10.5. The zero-order valence-corrected chi connectivity index (χ0v) is 35.1. The van der Waals surface area contributed by atoms with Crippen LogP contribution in [0.4, 0.5) is 0 Å². The van der Waals surface area contributed by atoms with Gasteiger partial charge in [-0.2, -0.15) is 0 Å². The Labute approximate surface area is 319 Å². The van der Waals surface area contributed by atoms with E-state index < -0.39 is 0 Å². The van der Waals surface area contributed by atoms with Crippen LogP contribution in [0.25, 0.3) is 0 Å². The van der Waals surface area contributed by atoms with Gasteiger partial charge in [0.25, 0.3) is 6.47 Å². The molecular weight excluding hydrogens is 634 g/mol. The van der Waals surface area contributed by atoms with Crippen LogP contribution in [0.1, 0.15) is 240 Å². The summed E-state index contributed by atoms with van der Waals surface area (Å²) in [6.45, 7) is 13.4. The highest BCUT2D eigenvalue weighted by Gasteiger charge is 2.14. The van der Waals surface area contributed by atoms with Gasteiger partial charge in [-0.05, 0) is 64.5 Å². The predicted octanol–water partition coefficient (Wildman–Crippen LogP) is 13.3. The molecular formula is C45H91NO5. The van der Waals surface area contributed by atoms with Crippen molar-refractivity contribution in [3.8, 4) is 0 Å². The van der Waals surface area contributed by atoms with Crippen LogP contribution in [0.3, 0.4) is 0 Å². The van der Waals surface area contributed by atoms with Gasteiger partial charge < -0.3 is 19.5 Å². The van der Waals surface area contributed by atoms with Crippen molar-refractivity contribution in [1.82, 2.24) is 4.90 Å². The lowest BCUT2D eigenvalue weighted by molar-refractivity contribution is -0.150. The summed E-state index contributed by atoms with van der Waals surface area (Å²) in [5.41, 5.74) is 0. The highest BCUT2D eigenvalue weighted by atomic mass is 16.5. The molecule has 0 rings (SSSR count). The van der Waals surface area contributed by atoms with Crippen molar-refractivity contribution in [2.45, 2.75) is 246 Å². The van der Waals surface area contributed by atoms with Crippen LogP contribution in [0, 0.1) is 0 Å². The molecule has 0 heterocycles. The third-order valence-corrected chi connectivity index (χ3v) is 10.1. The average molecular weight is 726 g/mol. The van der Waals surface area contributed by atoms with Gasteiger partial charge in [0.05, 0.1) is 13.2 Å². The Kier molecular flexibility index (Phi) is 47.8. The second-order valence-electron chi connectivity index (χ2n) is 15.2. The molecule has 0 radical (unpaired) electrons. The monoisotopic (exact) mass is 726 g/mol. The third-order valence-electron chi connectivity index (χ3n) is 10.1. The van der Waals surface area contributed by atoms with E-state index in [-0.39, 0.29) is 18.7 Å². The first-order valence-corrected chi connectivity index (χ1v) is 22.7. The van der Waals surface area contributed by atoms with Crippen LogP contribution in [-0.2, 0) is 19.1 Å². The van der Waals surface area contributed by atoms with E-state index in [1.165, 1.54) is 173 Å². The molecule has 0 unspecified atom stereocenters. The fourth-order valence-corrected chi connectivity index (χ4v) is 6.73. The molecule has 0 bridgehead atoms. The van der Waals surface area contributed by atoms with Crippen molar-refractivity contribution >= 4 is 12.4 Å². The number of aliphatic hydroxyl groups is 1. The molecule has 0 aromatic heterocycles. The van der Waals surface area contributed by atoms with Gasteiger partial charge in [-0.15, -0.1) is 0 Å². The lowest BCUT2D eigenvalue weighted by Crippen LogP contribution is -2.29. The number of ether oxygens (including phenoxy) is 2.